The molecule has 0 aliphatic heterocycles. The number of benzene rings is 1. The number of hydrogen-bond acceptors (Lipinski definition) is 5. The number of anilines is 2. The van der Waals surface area contributed by atoms with Crippen molar-refractivity contribution in [2.45, 2.75) is 19.3 Å². The molecule has 0 unspecified atom stereocenters. The van der Waals surface area contributed by atoms with E-state index in [1.807, 2.05) is 24.3 Å². The van der Waals surface area contributed by atoms with Crippen LogP contribution < -0.4 is 10.1 Å². The predicted octanol–water partition coefficient (Wildman–Crippen LogP) is 4.59. The first-order chi connectivity index (χ1) is 10.7. The highest BCUT2D eigenvalue weighted by molar-refractivity contribution is 7.19. The minimum Gasteiger partial charge on any atom is -0.497 e. The maximum atomic E-state index is 6.08. The number of thiophene rings is 1. The summed E-state index contributed by atoms with van der Waals surface area (Å²) in [4.78, 5) is 11.2. The first-order valence-electron chi connectivity index (χ1n) is 7.13. The highest BCUT2D eigenvalue weighted by Gasteiger charge is 2.22. The van der Waals surface area contributed by atoms with Gasteiger partial charge in [-0.15, -0.1) is 11.3 Å². The number of nitrogens with zero attached hydrogens (tertiary/aromatic N) is 2. The molecule has 2 aromatic heterocycles. The molecule has 112 valence electrons. The first kappa shape index (κ1) is 13.8. The Bertz CT molecular complexity index is 845. The molecule has 4 nitrogen and oxygen atoms in total. The summed E-state index contributed by atoms with van der Waals surface area (Å²) in [5, 5.41) is 4.77. The summed E-state index contributed by atoms with van der Waals surface area (Å²) in [5.74, 6) is 1.62. The molecule has 22 heavy (non-hydrogen) atoms. The van der Waals surface area contributed by atoms with Crippen LogP contribution in [0.4, 0.5) is 11.5 Å². The number of hydrogen-bond donors (Lipinski definition) is 1. The Labute approximate surface area is 137 Å². The fourth-order valence-electron chi connectivity index (χ4n) is 2.87. The van der Waals surface area contributed by atoms with Crippen LogP contribution in [-0.4, -0.2) is 17.1 Å². The van der Waals surface area contributed by atoms with Gasteiger partial charge in [-0.1, -0.05) is 0 Å². The van der Waals surface area contributed by atoms with Crippen molar-refractivity contribution in [3.63, 3.8) is 0 Å². The average Bonchev–Trinajstić information content (AvgIpc) is 3.08. The zero-order valence-corrected chi connectivity index (χ0v) is 13.6. The van der Waals surface area contributed by atoms with Crippen LogP contribution in [0.3, 0.4) is 0 Å². The number of aromatic nitrogens is 2. The molecule has 1 N–H and O–H groups in total. The van der Waals surface area contributed by atoms with Crippen molar-refractivity contribution >= 4 is 44.7 Å². The maximum absolute atomic E-state index is 6.08. The lowest BCUT2D eigenvalue weighted by Crippen LogP contribution is -1.97. The normalized spacial score (nSPS) is 13.4. The number of halogens is 1. The second-order valence-electron chi connectivity index (χ2n) is 5.23. The van der Waals surface area contributed by atoms with Crippen molar-refractivity contribution < 1.29 is 4.74 Å². The minimum atomic E-state index is 0.281. The lowest BCUT2D eigenvalue weighted by molar-refractivity contribution is 0.415. The summed E-state index contributed by atoms with van der Waals surface area (Å²) in [5.41, 5.74) is 2.34. The first-order valence-corrected chi connectivity index (χ1v) is 8.33. The Kier molecular flexibility index (Phi) is 3.39. The molecule has 4 rings (SSSR count). The van der Waals surface area contributed by atoms with Crippen molar-refractivity contribution in [3.8, 4) is 5.75 Å². The number of fused-ring (bicyclic) bond motifs is 3. The number of nitrogens with one attached hydrogen (secondary N) is 1. The molecule has 0 bridgehead atoms. The highest BCUT2D eigenvalue weighted by Crippen LogP contribution is 2.40. The van der Waals surface area contributed by atoms with Crippen LogP contribution in [0, 0.1) is 0 Å². The van der Waals surface area contributed by atoms with Gasteiger partial charge in [-0.2, -0.15) is 4.98 Å². The van der Waals surface area contributed by atoms with Crippen molar-refractivity contribution in [2.24, 2.45) is 0 Å². The molecule has 6 heteroatoms. The molecule has 3 aromatic rings. The molecular weight excluding hydrogens is 318 g/mol. The quantitative estimate of drug-likeness (QED) is 0.713. The Morgan fingerprint density at radius 2 is 2.00 bits per heavy atom. The third kappa shape index (κ3) is 2.30. The van der Waals surface area contributed by atoms with Gasteiger partial charge in [0.15, 0.2) is 0 Å². The largest absolute Gasteiger partial charge is 0.497 e. The topological polar surface area (TPSA) is 47.0 Å². The van der Waals surface area contributed by atoms with Crippen molar-refractivity contribution in [2.75, 3.05) is 12.4 Å². The molecule has 1 aliphatic rings. The molecule has 0 spiro atoms. The van der Waals surface area contributed by atoms with Gasteiger partial charge in [-0.05, 0) is 60.7 Å². The minimum absolute atomic E-state index is 0.281. The summed E-state index contributed by atoms with van der Waals surface area (Å²) in [6.07, 6.45) is 3.44. The van der Waals surface area contributed by atoms with E-state index in [1.54, 1.807) is 18.4 Å². The lowest BCUT2D eigenvalue weighted by atomic mass is 10.2. The summed E-state index contributed by atoms with van der Waals surface area (Å²) < 4.78 is 5.18. The van der Waals surface area contributed by atoms with Crippen LogP contribution in [0.1, 0.15) is 16.9 Å². The van der Waals surface area contributed by atoms with Crippen LogP contribution in [0.5, 0.6) is 5.75 Å². The zero-order valence-electron chi connectivity index (χ0n) is 12.0. The van der Waals surface area contributed by atoms with E-state index in [1.165, 1.54) is 16.9 Å². The SMILES string of the molecule is COc1ccc(Nc2nc(Cl)nc3sc4c(c23)CCC4)cc1. The average molecular weight is 332 g/mol. The van der Waals surface area contributed by atoms with Gasteiger partial charge >= 0.3 is 0 Å². The van der Waals surface area contributed by atoms with E-state index < -0.39 is 0 Å². The van der Waals surface area contributed by atoms with Gasteiger partial charge in [-0.3, -0.25) is 0 Å². The van der Waals surface area contributed by atoms with Crippen LogP contribution >= 0.6 is 22.9 Å². The summed E-state index contributed by atoms with van der Waals surface area (Å²) in [6, 6.07) is 7.77. The third-order valence-corrected chi connectivity index (χ3v) is 5.24. The molecule has 1 aliphatic carbocycles. The van der Waals surface area contributed by atoms with Gasteiger partial charge in [0.25, 0.3) is 0 Å². The van der Waals surface area contributed by atoms with E-state index in [0.29, 0.717) is 0 Å². The fraction of sp³-hybridized carbons (Fsp3) is 0.250. The van der Waals surface area contributed by atoms with E-state index in [2.05, 4.69) is 15.3 Å². The Balaban J connectivity index is 1.79. The molecule has 0 fully saturated rings. The summed E-state index contributed by atoms with van der Waals surface area (Å²) >= 11 is 7.82. The molecule has 2 heterocycles. The lowest BCUT2D eigenvalue weighted by Gasteiger charge is -2.09. The zero-order chi connectivity index (χ0) is 15.1. The Morgan fingerprint density at radius 1 is 1.18 bits per heavy atom. The van der Waals surface area contributed by atoms with Gasteiger partial charge in [0, 0.05) is 10.6 Å². The Morgan fingerprint density at radius 3 is 2.77 bits per heavy atom. The third-order valence-electron chi connectivity index (χ3n) is 3.89. The van der Waals surface area contributed by atoms with Crippen molar-refractivity contribution in [3.05, 3.63) is 40.0 Å². The van der Waals surface area contributed by atoms with Crippen LogP contribution in [0.25, 0.3) is 10.2 Å². The van der Waals surface area contributed by atoms with Gasteiger partial charge in [-0.25, -0.2) is 4.98 Å². The van der Waals surface area contributed by atoms with Gasteiger partial charge in [0.1, 0.15) is 16.4 Å². The van der Waals surface area contributed by atoms with E-state index in [9.17, 15) is 0 Å². The van der Waals surface area contributed by atoms with E-state index in [-0.39, 0.29) is 5.28 Å². The summed E-state index contributed by atoms with van der Waals surface area (Å²) in [7, 11) is 1.66. The summed E-state index contributed by atoms with van der Waals surface area (Å²) in [6.45, 7) is 0. The molecule has 0 saturated carbocycles. The van der Waals surface area contributed by atoms with E-state index in [0.717, 1.165) is 40.3 Å². The molecular formula is C16H14ClN3OS. The second-order valence-corrected chi connectivity index (χ2v) is 6.65. The molecule has 0 radical (unpaired) electrons. The van der Waals surface area contributed by atoms with Gasteiger partial charge in [0.05, 0.1) is 12.5 Å². The number of aryl methyl sites for hydroxylation is 2. The van der Waals surface area contributed by atoms with Crippen LogP contribution in [-0.2, 0) is 12.8 Å². The van der Waals surface area contributed by atoms with Gasteiger partial charge in [0.2, 0.25) is 5.28 Å². The molecule has 1 aromatic carbocycles. The monoisotopic (exact) mass is 331 g/mol. The maximum Gasteiger partial charge on any atom is 0.225 e. The number of rotatable bonds is 3. The van der Waals surface area contributed by atoms with Crippen molar-refractivity contribution in [1.29, 1.82) is 0 Å². The standard InChI is InChI=1S/C16H14ClN3OS/c1-21-10-7-5-9(6-8-10)18-14-13-11-3-2-4-12(11)22-15(13)20-16(17)19-14/h5-8H,2-4H2,1H3,(H,18,19,20). The van der Waals surface area contributed by atoms with E-state index >= 15 is 0 Å². The number of methoxy groups -OCH3 is 1. The van der Waals surface area contributed by atoms with E-state index in [4.69, 9.17) is 16.3 Å². The fourth-order valence-corrected chi connectivity index (χ4v) is 4.35. The smallest absolute Gasteiger partial charge is 0.225 e. The molecule has 0 amide bonds. The molecule has 0 atom stereocenters. The van der Waals surface area contributed by atoms with Crippen molar-refractivity contribution in [1.82, 2.24) is 9.97 Å². The van der Waals surface area contributed by atoms with Crippen LogP contribution in [0.2, 0.25) is 5.28 Å². The van der Waals surface area contributed by atoms with Crippen LogP contribution in [0.15, 0.2) is 24.3 Å². The Hall–Kier alpha value is -1.85. The number of ether oxygens (including phenoxy) is 1. The highest BCUT2D eigenvalue weighted by atomic mass is 35.5. The predicted molar refractivity (Wildman–Crippen MR) is 90.7 cm³/mol. The second kappa shape index (κ2) is 5.41. The van der Waals surface area contributed by atoms with Gasteiger partial charge < -0.3 is 10.1 Å². The molecule has 0 saturated heterocycles.